The van der Waals surface area contributed by atoms with Crippen molar-refractivity contribution in [2.45, 2.75) is 0 Å². The molecule has 0 spiro atoms. The smallest absolute Gasteiger partial charge is 0.345 e. The lowest BCUT2D eigenvalue weighted by atomic mass is 9.97. The van der Waals surface area contributed by atoms with Gasteiger partial charge in [0.25, 0.3) is 0 Å². The summed E-state index contributed by atoms with van der Waals surface area (Å²) in [4.78, 5) is 25.4. The number of rotatable bonds is 7. The molecule has 0 saturated heterocycles. The average molecular weight is 499 g/mol. The molecule has 4 nitrogen and oxygen atoms in total. The molecule has 0 amide bonds. The minimum absolute atomic E-state index is 0.162. The van der Waals surface area contributed by atoms with Crippen molar-refractivity contribution in [2.75, 3.05) is 14.2 Å². The summed E-state index contributed by atoms with van der Waals surface area (Å²) in [6, 6.07) is 19.0. The van der Waals surface area contributed by atoms with Gasteiger partial charge in [0.1, 0.15) is 5.57 Å². The highest BCUT2D eigenvalue weighted by Gasteiger charge is 2.19. The van der Waals surface area contributed by atoms with Gasteiger partial charge < -0.3 is 9.47 Å². The number of halogens is 2. The van der Waals surface area contributed by atoms with Crippen LogP contribution in [-0.2, 0) is 19.1 Å². The van der Waals surface area contributed by atoms with Gasteiger partial charge in [-0.3, -0.25) is 0 Å². The zero-order valence-electron chi connectivity index (χ0n) is 17.9. The average Bonchev–Trinajstić information content (AvgIpc) is 3.28. The summed E-state index contributed by atoms with van der Waals surface area (Å²) in [5.74, 6) is -1.49. The van der Waals surface area contributed by atoms with Gasteiger partial charge in [-0.1, -0.05) is 59.6 Å². The van der Waals surface area contributed by atoms with Crippen LogP contribution in [0.2, 0.25) is 10.0 Å². The van der Waals surface area contributed by atoms with Crippen LogP contribution in [-0.4, -0.2) is 26.2 Å². The molecule has 7 heteroatoms. The fourth-order valence-corrected chi connectivity index (χ4v) is 4.08. The van der Waals surface area contributed by atoms with Crippen LogP contribution in [0.25, 0.3) is 17.7 Å². The molecule has 0 bridgehead atoms. The predicted molar refractivity (Wildman–Crippen MR) is 135 cm³/mol. The molecular weight excluding hydrogens is 479 g/mol. The maximum atomic E-state index is 11.9. The molecule has 0 radical (unpaired) electrons. The summed E-state index contributed by atoms with van der Waals surface area (Å²) >= 11 is 13.5. The van der Waals surface area contributed by atoms with E-state index in [2.05, 4.69) is 9.47 Å². The molecule has 0 atom stereocenters. The van der Waals surface area contributed by atoms with Gasteiger partial charge in [-0.05, 0) is 65.3 Å². The lowest BCUT2D eigenvalue weighted by Crippen LogP contribution is -2.15. The zero-order chi connectivity index (χ0) is 23.8. The van der Waals surface area contributed by atoms with Gasteiger partial charge in [0, 0.05) is 19.8 Å². The molecule has 0 aliphatic rings. The van der Waals surface area contributed by atoms with E-state index in [0.29, 0.717) is 10.0 Å². The fraction of sp³-hybridized carbons (Fsp3) is 0.0769. The van der Waals surface area contributed by atoms with Crippen molar-refractivity contribution >= 4 is 64.2 Å². The van der Waals surface area contributed by atoms with Crippen LogP contribution in [0.5, 0.6) is 0 Å². The Morgan fingerprint density at radius 3 is 1.73 bits per heavy atom. The number of allylic oxidation sites excluding steroid dienone is 2. The van der Waals surface area contributed by atoms with E-state index in [1.54, 1.807) is 0 Å². The number of carbonyl (C=O) groups is 2. The molecule has 33 heavy (non-hydrogen) atoms. The minimum atomic E-state index is -0.745. The van der Waals surface area contributed by atoms with Crippen LogP contribution in [0, 0.1) is 0 Å². The molecule has 0 unspecified atom stereocenters. The molecular formula is C26H20Cl2O4S. The number of benzene rings is 2. The Morgan fingerprint density at radius 2 is 1.24 bits per heavy atom. The van der Waals surface area contributed by atoms with Gasteiger partial charge in [0.15, 0.2) is 0 Å². The summed E-state index contributed by atoms with van der Waals surface area (Å²) in [5, 5.41) is 1.34. The first-order valence-electron chi connectivity index (χ1n) is 9.79. The Labute approximate surface area is 206 Å². The van der Waals surface area contributed by atoms with Crippen molar-refractivity contribution in [1.29, 1.82) is 0 Å². The molecule has 1 aromatic heterocycles. The Morgan fingerprint density at radius 1 is 0.758 bits per heavy atom. The van der Waals surface area contributed by atoms with Crippen LogP contribution in [0.1, 0.15) is 20.9 Å². The number of hydrogen-bond donors (Lipinski definition) is 0. The number of hydrogen-bond acceptors (Lipinski definition) is 5. The Hall–Kier alpha value is -3.12. The first kappa shape index (κ1) is 24.5. The standard InChI is InChI=1S/C26H20Cl2O4S/c1-31-25(29)24(26(30)32-2)16-22-15-14-21(33-22)4-3-5-23(17-6-10-19(27)11-7-17)18-8-12-20(28)13-9-18/h3-16H,1-2H3/b4-3+. The van der Waals surface area contributed by atoms with Crippen molar-refractivity contribution < 1.29 is 19.1 Å². The minimum Gasteiger partial charge on any atom is -0.465 e. The van der Waals surface area contributed by atoms with E-state index in [1.165, 1.54) is 31.6 Å². The second-order valence-corrected chi connectivity index (χ2v) is 8.75. The van der Waals surface area contributed by atoms with Crippen molar-refractivity contribution in [3.8, 4) is 0 Å². The zero-order valence-corrected chi connectivity index (χ0v) is 20.2. The first-order chi connectivity index (χ1) is 15.9. The van der Waals surface area contributed by atoms with Crippen molar-refractivity contribution in [3.05, 3.63) is 109 Å². The van der Waals surface area contributed by atoms with E-state index in [1.807, 2.05) is 78.9 Å². The maximum absolute atomic E-state index is 11.9. The Balaban J connectivity index is 1.89. The van der Waals surface area contributed by atoms with E-state index in [4.69, 9.17) is 23.2 Å². The quantitative estimate of drug-likeness (QED) is 0.116. The monoisotopic (exact) mass is 498 g/mol. The molecule has 0 aliphatic carbocycles. The number of thiophene rings is 1. The lowest BCUT2D eigenvalue weighted by molar-refractivity contribution is -0.143. The fourth-order valence-electron chi connectivity index (χ4n) is 2.96. The van der Waals surface area contributed by atoms with Crippen LogP contribution in [0.15, 0.2) is 78.4 Å². The van der Waals surface area contributed by atoms with E-state index >= 15 is 0 Å². The molecule has 168 valence electrons. The topological polar surface area (TPSA) is 52.6 Å². The third kappa shape index (κ3) is 6.68. The normalized spacial score (nSPS) is 10.5. The van der Waals surface area contributed by atoms with Crippen LogP contribution in [0.4, 0.5) is 0 Å². The molecule has 0 N–H and O–H groups in total. The third-order valence-corrected chi connectivity index (χ3v) is 6.08. The van der Waals surface area contributed by atoms with Gasteiger partial charge in [-0.25, -0.2) is 9.59 Å². The van der Waals surface area contributed by atoms with Gasteiger partial charge >= 0.3 is 11.9 Å². The molecule has 3 rings (SSSR count). The molecule has 0 saturated carbocycles. The number of carbonyl (C=O) groups excluding carboxylic acids is 2. The summed E-state index contributed by atoms with van der Waals surface area (Å²) in [6.45, 7) is 0. The highest BCUT2D eigenvalue weighted by molar-refractivity contribution is 7.13. The van der Waals surface area contributed by atoms with Crippen LogP contribution < -0.4 is 0 Å². The van der Waals surface area contributed by atoms with Crippen molar-refractivity contribution in [1.82, 2.24) is 0 Å². The molecule has 2 aromatic carbocycles. The highest BCUT2D eigenvalue weighted by atomic mass is 35.5. The van der Waals surface area contributed by atoms with Gasteiger partial charge in [-0.2, -0.15) is 0 Å². The second kappa shape index (κ2) is 11.7. The largest absolute Gasteiger partial charge is 0.465 e. The molecule has 1 heterocycles. The van der Waals surface area contributed by atoms with E-state index in [0.717, 1.165) is 26.5 Å². The molecule has 3 aromatic rings. The van der Waals surface area contributed by atoms with E-state index < -0.39 is 11.9 Å². The van der Waals surface area contributed by atoms with Gasteiger partial charge in [-0.15, -0.1) is 11.3 Å². The molecule has 0 fully saturated rings. The van der Waals surface area contributed by atoms with E-state index in [9.17, 15) is 9.59 Å². The molecule has 0 aliphatic heterocycles. The number of esters is 2. The van der Waals surface area contributed by atoms with E-state index in [-0.39, 0.29) is 5.57 Å². The number of ether oxygens (including phenoxy) is 2. The summed E-state index contributed by atoms with van der Waals surface area (Å²) in [5.41, 5.74) is 2.88. The summed E-state index contributed by atoms with van der Waals surface area (Å²) in [7, 11) is 2.43. The highest BCUT2D eigenvalue weighted by Crippen LogP contribution is 2.27. The van der Waals surface area contributed by atoms with Gasteiger partial charge in [0.2, 0.25) is 0 Å². The second-order valence-electron chi connectivity index (χ2n) is 6.73. The number of methoxy groups -OCH3 is 2. The third-order valence-electron chi connectivity index (χ3n) is 4.58. The summed E-state index contributed by atoms with van der Waals surface area (Å²) < 4.78 is 9.33. The maximum Gasteiger partial charge on any atom is 0.345 e. The van der Waals surface area contributed by atoms with Crippen LogP contribution in [0.3, 0.4) is 0 Å². The first-order valence-corrected chi connectivity index (χ1v) is 11.4. The Bertz CT molecular complexity index is 1150. The SMILES string of the molecule is COC(=O)C(=Cc1ccc(/C=C/C=C(c2ccc(Cl)cc2)c2ccc(Cl)cc2)s1)C(=O)OC. The van der Waals surface area contributed by atoms with Crippen molar-refractivity contribution in [2.24, 2.45) is 0 Å². The predicted octanol–water partition coefficient (Wildman–Crippen LogP) is 6.93. The van der Waals surface area contributed by atoms with Crippen molar-refractivity contribution in [3.63, 3.8) is 0 Å². The summed E-state index contributed by atoms with van der Waals surface area (Å²) in [6.07, 6.45) is 7.36. The Kier molecular flexibility index (Phi) is 8.66. The van der Waals surface area contributed by atoms with Crippen LogP contribution >= 0.6 is 34.5 Å². The lowest BCUT2D eigenvalue weighted by Gasteiger charge is -2.08. The van der Waals surface area contributed by atoms with Gasteiger partial charge in [0.05, 0.1) is 14.2 Å².